The Balaban J connectivity index is 1.56. The van der Waals surface area contributed by atoms with Crippen molar-refractivity contribution >= 4 is 17.2 Å². The number of aryl methyl sites for hydroxylation is 1. The van der Waals surface area contributed by atoms with Crippen LogP contribution in [0.15, 0.2) is 35.7 Å². The van der Waals surface area contributed by atoms with E-state index in [1.165, 1.54) is 10.4 Å². The van der Waals surface area contributed by atoms with Crippen LogP contribution in [0.3, 0.4) is 0 Å². The van der Waals surface area contributed by atoms with Gasteiger partial charge in [0.25, 0.3) is 0 Å². The third kappa shape index (κ3) is 4.63. The lowest BCUT2D eigenvalue weighted by molar-refractivity contribution is -0.122. The highest BCUT2D eigenvalue weighted by Crippen LogP contribution is 2.27. The molecule has 1 unspecified atom stereocenters. The zero-order valence-corrected chi connectivity index (χ0v) is 16.5. The Morgan fingerprint density at radius 3 is 2.88 bits per heavy atom. The molecule has 0 saturated heterocycles. The Morgan fingerprint density at radius 2 is 2.15 bits per heavy atom. The molecule has 1 aromatic heterocycles. The number of para-hydroxylation sites is 1. The van der Waals surface area contributed by atoms with E-state index in [2.05, 4.69) is 53.6 Å². The molecule has 1 N–H and O–H groups in total. The minimum atomic E-state index is 0.0606. The van der Waals surface area contributed by atoms with Gasteiger partial charge in [-0.3, -0.25) is 9.69 Å². The first-order valence-corrected chi connectivity index (χ1v) is 9.82. The molecule has 0 saturated carbocycles. The number of rotatable bonds is 6. The third-order valence-corrected chi connectivity index (χ3v) is 5.84. The highest BCUT2D eigenvalue weighted by Gasteiger charge is 2.20. The number of likely N-dealkylation sites (N-methyl/N-ethyl adjacent to an activating group) is 1. The highest BCUT2D eigenvalue weighted by molar-refractivity contribution is 7.10. The second kappa shape index (κ2) is 8.66. The second-order valence-corrected chi connectivity index (χ2v) is 7.87. The minimum Gasteiger partial charge on any atom is -0.492 e. The second-order valence-electron chi connectivity index (χ2n) is 6.92. The molecule has 0 radical (unpaired) electrons. The van der Waals surface area contributed by atoms with Crippen LogP contribution in [0.5, 0.6) is 5.75 Å². The van der Waals surface area contributed by atoms with Crippen LogP contribution in [-0.2, 0) is 11.3 Å². The summed E-state index contributed by atoms with van der Waals surface area (Å²) < 4.78 is 5.77. The van der Waals surface area contributed by atoms with Gasteiger partial charge < -0.3 is 15.0 Å². The van der Waals surface area contributed by atoms with Crippen LogP contribution in [0.4, 0.5) is 0 Å². The summed E-state index contributed by atoms with van der Waals surface area (Å²) in [5.41, 5.74) is 2.42. The number of thiophene rings is 1. The van der Waals surface area contributed by atoms with Crippen molar-refractivity contribution < 1.29 is 9.53 Å². The first-order valence-electron chi connectivity index (χ1n) is 8.95. The fourth-order valence-electron chi connectivity index (χ4n) is 3.22. The zero-order chi connectivity index (χ0) is 18.5. The smallest absolute Gasteiger partial charge is 0.234 e. The number of amides is 1. The van der Waals surface area contributed by atoms with Gasteiger partial charge in [-0.15, -0.1) is 11.3 Å². The maximum Gasteiger partial charge on any atom is 0.234 e. The van der Waals surface area contributed by atoms with Crippen molar-refractivity contribution in [3.63, 3.8) is 0 Å². The standard InChI is InChI=1S/C20H27N3O2S/c1-15-8-11-26-20(15)17(22(2)3)12-21-19(24)14-23-9-10-25-18-7-5-4-6-16(18)13-23/h4-8,11,17H,9-10,12-14H2,1-3H3,(H,21,24). The monoisotopic (exact) mass is 373 g/mol. The molecule has 26 heavy (non-hydrogen) atoms. The molecular formula is C20H27N3O2S. The Labute approximate surface area is 159 Å². The van der Waals surface area contributed by atoms with Crippen LogP contribution in [0.1, 0.15) is 22.0 Å². The van der Waals surface area contributed by atoms with Crippen molar-refractivity contribution in [2.75, 3.05) is 40.3 Å². The molecule has 3 rings (SSSR count). The number of benzene rings is 1. The van der Waals surface area contributed by atoms with Gasteiger partial charge in [0.15, 0.2) is 0 Å². The van der Waals surface area contributed by atoms with Gasteiger partial charge in [-0.25, -0.2) is 0 Å². The Kier molecular flexibility index (Phi) is 6.29. The van der Waals surface area contributed by atoms with Crippen molar-refractivity contribution in [3.8, 4) is 5.75 Å². The molecule has 5 nitrogen and oxygen atoms in total. The molecule has 1 amide bonds. The van der Waals surface area contributed by atoms with Gasteiger partial charge in [-0.2, -0.15) is 0 Å². The molecular weight excluding hydrogens is 346 g/mol. The van der Waals surface area contributed by atoms with E-state index in [4.69, 9.17) is 4.74 Å². The molecule has 0 bridgehead atoms. The summed E-state index contributed by atoms with van der Waals surface area (Å²) in [7, 11) is 4.11. The lowest BCUT2D eigenvalue weighted by Crippen LogP contribution is -2.41. The van der Waals surface area contributed by atoms with Crippen LogP contribution in [-0.4, -0.2) is 56.0 Å². The summed E-state index contributed by atoms with van der Waals surface area (Å²) in [5, 5.41) is 5.22. The Hall–Kier alpha value is -1.89. The number of ether oxygens (including phenoxy) is 1. The van der Waals surface area contributed by atoms with E-state index in [9.17, 15) is 4.79 Å². The number of fused-ring (bicyclic) bond motifs is 1. The number of hydrogen-bond acceptors (Lipinski definition) is 5. The lowest BCUT2D eigenvalue weighted by Gasteiger charge is -2.25. The van der Waals surface area contributed by atoms with E-state index < -0.39 is 0 Å². The maximum atomic E-state index is 12.5. The quantitative estimate of drug-likeness (QED) is 0.846. The van der Waals surface area contributed by atoms with Crippen molar-refractivity contribution in [1.29, 1.82) is 0 Å². The number of carbonyl (C=O) groups excluding carboxylic acids is 1. The largest absolute Gasteiger partial charge is 0.492 e. The SMILES string of the molecule is Cc1ccsc1C(CNC(=O)CN1CCOc2ccccc2C1)N(C)C. The van der Waals surface area contributed by atoms with E-state index in [-0.39, 0.29) is 11.9 Å². The molecule has 2 heterocycles. The molecule has 0 spiro atoms. The molecule has 140 valence electrons. The molecule has 6 heteroatoms. The van der Waals surface area contributed by atoms with Gasteiger partial charge in [0.1, 0.15) is 12.4 Å². The summed E-state index contributed by atoms with van der Waals surface area (Å²) in [6.45, 7) is 5.24. The number of hydrogen-bond donors (Lipinski definition) is 1. The lowest BCUT2D eigenvalue weighted by atomic mass is 10.1. The third-order valence-electron chi connectivity index (χ3n) is 4.72. The van der Waals surface area contributed by atoms with E-state index in [1.807, 2.05) is 18.2 Å². The number of carbonyl (C=O) groups is 1. The average molecular weight is 374 g/mol. The van der Waals surface area contributed by atoms with Gasteiger partial charge in [0, 0.05) is 30.1 Å². The number of nitrogens with zero attached hydrogens (tertiary/aromatic N) is 2. The maximum absolute atomic E-state index is 12.5. The van der Waals surface area contributed by atoms with Gasteiger partial charge in [-0.1, -0.05) is 18.2 Å². The Bertz CT molecular complexity index is 744. The first-order chi connectivity index (χ1) is 12.5. The van der Waals surface area contributed by atoms with Crippen molar-refractivity contribution in [2.24, 2.45) is 0 Å². The summed E-state index contributed by atoms with van der Waals surface area (Å²) in [5.74, 6) is 0.988. The van der Waals surface area contributed by atoms with Crippen LogP contribution in [0.2, 0.25) is 0 Å². The summed E-state index contributed by atoms with van der Waals surface area (Å²) in [4.78, 5) is 18.1. The predicted molar refractivity (Wildman–Crippen MR) is 106 cm³/mol. The number of nitrogens with one attached hydrogen (secondary N) is 1. The van der Waals surface area contributed by atoms with E-state index >= 15 is 0 Å². The molecule has 1 aliphatic rings. The summed E-state index contributed by atoms with van der Waals surface area (Å²) in [6, 6.07) is 10.4. The molecule has 0 fully saturated rings. The van der Waals surface area contributed by atoms with Crippen LogP contribution in [0.25, 0.3) is 0 Å². The van der Waals surface area contributed by atoms with Gasteiger partial charge in [0.2, 0.25) is 5.91 Å². The highest BCUT2D eigenvalue weighted by atomic mass is 32.1. The topological polar surface area (TPSA) is 44.8 Å². The molecule has 1 atom stereocenters. The molecule has 1 aliphatic heterocycles. The van der Waals surface area contributed by atoms with Gasteiger partial charge in [0.05, 0.1) is 12.6 Å². The molecule has 2 aromatic rings. The van der Waals surface area contributed by atoms with Gasteiger partial charge >= 0.3 is 0 Å². The molecule has 1 aromatic carbocycles. The summed E-state index contributed by atoms with van der Waals surface area (Å²) >= 11 is 1.75. The van der Waals surface area contributed by atoms with Crippen molar-refractivity contribution in [3.05, 3.63) is 51.7 Å². The predicted octanol–water partition coefficient (Wildman–Crippen LogP) is 2.67. The van der Waals surface area contributed by atoms with Crippen molar-refractivity contribution in [2.45, 2.75) is 19.5 Å². The fraction of sp³-hybridized carbons (Fsp3) is 0.450. The van der Waals surface area contributed by atoms with Crippen LogP contribution < -0.4 is 10.1 Å². The Morgan fingerprint density at radius 1 is 1.35 bits per heavy atom. The van der Waals surface area contributed by atoms with E-state index in [1.54, 1.807) is 11.3 Å². The minimum absolute atomic E-state index is 0.0606. The van der Waals surface area contributed by atoms with Crippen LogP contribution >= 0.6 is 11.3 Å². The average Bonchev–Trinajstić information content (AvgIpc) is 2.91. The van der Waals surface area contributed by atoms with Crippen molar-refractivity contribution in [1.82, 2.24) is 15.1 Å². The van der Waals surface area contributed by atoms with E-state index in [0.717, 1.165) is 24.4 Å². The van der Waals surface area contributed by atoms with Crippen LogP contribution in [0, 0.1) is 6.92 Å². The van der Waals surface area contributed by atoms with E-state index in [0.29, 0.717) is 19.7 Å². The van der Waals surface area contributed by atoms with Gasteiger partial charge in [-0.05, 0) is 44.1 Å². The summed E-state index contributed by atoms with van der Waals surface area (Å²) in [6.07, 6.45) is 0. The molecule has 0 aliphatic carbocycles. The fourth-order valence-corrected chi connectivity index (χ4v) is 4.34. The normalized spacial score (nSPS) is 15.8. The zero-order valence-electron chi connectivity index (χ0n) is 15.7. The first kappa shape index (κ1) is 18.9.